The van der Waals surface area contributed by atoms with Crippen LogP contribution in [0.4, 0.5) is 24.5 Å². The van der Waals surface area contributed by atoms with Gasteiger partial charge in [0.2, 0.25) is 0 Å². The third-order valence-electron chi connectivity index (χ3n) is 7.76. The summed E-state index contributed by atoms with van der Waals surface area (Å²) < 4.78 is 74.0. The number of carbonyl (C=O) groups is 4. The van der Waals surface area contributed by atoms with Crippen LogP contribution in [-0.4, -0.2) is 50.3 Å². The molecule has 0 amide bonds. The Balaban J connectivity index is 1.25. The van der Waals surface area contributed by atoms with Crippen molar-refractivity contribution in [2.75, 3.05) is 26.4 Å². The highest BCUT2D eigenvalue weighted by molar-refractivity contribution is 5.92. The van der Waals surface area contributed by atoms with Crippen molar-refractivity contribution in [1.82, 2.24) is 0 Å². The van der Waals surface area contributed by atoms with Gasteiger partial charge in [0.25, 0.3) is 0 Å². The Hall–Kier alpha value is -6.77. The number of benzene rings is 4. The van der Waals surface area contributed by atoms with Crippen LogP contribution in [0.15, 0.2) is 126 Å². The molecular weight excluding hydrogens is 761 g/mol. The number of azo groups is 1. The van der Waals surface area contributed by atoms with Gasteiger partial charge in [0, 0.05) is 11.1 Å². The largest absolute Gasteiger partial charge is 0.494 e. The fraction of sp³-hybridized carbons (Fsp3) is 0.256. The van der Waals surface area contributed by atoms with Gasteiger partial charge in [-0.2, -0.15) is 18.3 Å². The van der Waals surface area contributed by atoms with Gasteiger partial charge in [0.1, 0.15) is 23.0 Å². The maximum Gasteiger partial charge on any atom is 0.418 e. The summed E-state index contributed by atoms with van der Waals surface area (Å²) in [5.41, 5.74) is -0.531. The minimum Gasteiger partial charge on any atom is -0.494 e. The minimum absolute atomic E-state index is 0.0818. The van der Waals surface area contributed by atoms with E-state index in [2.05, 4.69) is 23.4 Å². The summed E-state index contributed by atoms with van der Waals surface area (Å²) >= 11 is 0. The molecule has 0 aromatic heterocycles. The number of carbonyl (C=O) groups excluding carboxylic acids is 4. The number of halogens is 3. The molecule has 0 N–H and O–H groups in total. The molecule has 0 saturated carbocycles. The Morgan fingerprint density at radius 2 is 0.966 bits per heavy atom. The SMILES string of the molecule is C=C(C)C(=O)OCCCCOc1ccc(C(=O)Oc2ccc(N=Nc3ccc(OC(=O)c4ccc(OCCCCOC(=O)C(=C)C)cc4)cc3C(F)(F)F)cc2)cc1. The Morgan fingerprint density at radius 1 is 0.552 bits per heavy atom. The second-order valence-corrected chi connectivity index (χ2v) is 12.6. The van der Waals surface area contributed by atoms with Gasteiger partial charge >= 0.3 is 30.1 Å². The maximum absolute atomic E-state index is 14.0. The number of esters is 4. The van der Waals surface area contributed by atoms with Crippen LogP contribution in [0.3, 0.4) is 0 Å². The van der Waals surface area contributed by atoms with E-state index in [1.165, 1.54) is 66.7 Å². The fourth-order valence-electron chi connectivity index (χ4n) is 4.66. The molecule has 15 heteroatoms. The van der Waals surface area contributed by atoms with Crippen LogP contribution in [0.5, 0.6) is 23.0 Å². The molecule has 0 aliphatic rings. The van der Waals surface area contributed by atoms with E-state index in [0.29, 0.717) is 67.6 Å². The van der Waals surface area contributed by atoms with Crippen LogP contribution in [0, 0.1) is 0 Å². The van der Waals surface area contributed by atoms with Gasteiger partial charge in [-0.1, -0.05) is 13.2 Å². The number of hydrogen-bond acceptors (Lipinski definition) is 12. The first-order valence-corrected chi connectivity index (χ1v) is 18.0. The standard InChI is InChI=1S/C43H41F3N2O10/c1-28(2)39(49)55-25-7-5-23-53-33-15-9-30(10-16-33)41(51)57-35-19-13-32(14-20-35)47-48-38-22-21-36(27-37(38)43(44,45)46)58-42(52)31-11-17-34(18-12-31)54-24-6-8-26-56-40(50)29(3)4/h9-22,27H,1,3,5-8,23-26H2,2,4H3. The van der Waals surface area contributed by atoms with E-state index in [1.807, 2.05) is 0 Å². The number of ether oxygens (including phenoxy) is 6. The summed E-state index contributed by atoms with van der Waals surface area (Å²) in [5, 5.41) is 7.66. The van der Waals surface area contributed by atoms with Gasteiger partial charge in [-0.25, -0.2) is 19.2 Å². The van der Waals surface area contributed by atoms with E-state index in [1.54, 1.807) is 26.0 Å². The average Bonchev–Trinajstić information content (AvgIpc) is 3.20. The van der Waals surface area contributed by atoms with E-state index < -0.39 is 41.3 Å². The van der Waals surface area contributed by atoms with Crippen LogP contribution in [0.1, 0.15) is 65.8 Å². The van der Waals surface area contributed by atoms with Gasteiger partial charge in [0.15, 0.2) is 0 Å². The Morgan fingerprint density at radius 3 is 1.41 bits per heavy atom. The van der Waals surface area contributed by atoms with E-state index in [-0.39, 0.29) is 41.5 Å². The summed E-state index contributed by atoms with van der Waals surface area (Å²) in [6.45, 7) is 11.4. The summed E-state index contributed by atoms with van der Waals surface area (Å²) in [7, 11) is 0. The van der Waals surface area contributed by atoms with Gasteiger partial charge in [-0.15, -0.1) is 5.11 Å². The maximum atomic E-state index is 14.0. The molecule has 0 fully saturated rings. The predicted octanol–water partition coefficient (Wildman–Crippen LogP) is 10.1. The molecule has 0 heterocycles. The Kier molecular flexibility index (Phi) is 16.3. The van der Waals surface area contributed by atoms with Crippen molar-refractivity contribution in [1.29, 1.82) is 0 Å². The molecule has 0 aliphatic carbocycles. The van der Waals surface area contributed by atoms with E-state index in [0.717, 1.165) is 6.07 Å². The zero-order valence-electron chi connectivity index (χ0n) is 31.8. The lowest BCUT2D eigenvalue weighted by atomic mass is 10.1. The Bertz CT molecular complexity index is 2100. The average molecular weight is 803 g/mol. The van der Waals surface area contributed by atoms with Crippen molar-refractivity contribution in [2.24, 2.45) is 10.2 Å². The molecular formula is C43H41F3N2O10. The minimum atomic E-state index is -4.85. The number of alkyl halides is 3. The molecule has 58 heavy (non-hydrogen) atoms. The molecule has 4 aromatic rings. The molecule has 0 spiro atoms. The van der Waals surface area contributed by atoms with Crippen molar-refractivity contribution >= 4 is 35.3 Å². The van der Waals surface area contributed by atoms with Crippen molar-refractivity contribution in [2.45, 2.75) is 45.7 Å². The third kappa shape index (κ3) is 14.4. The quantitative estimate of drug-likeness (QED) is 0.0278. The normalized spacial score (nSPS) is 11.1. The first-order chi connectivity index (χ1) is 27.7. The second-order valence-electron chi connectivity index (χ2n) is 12.6. The summed E-state index contributed by atoms with van der Waals surface area (Å²) in [4.78, 5) is 48.2. The number of nitrogens with zero attached hydrogens (tertiary/aromatic N) is 2. The van der Waals surface area contributed by atoms with Gasteiger partial charge in [-0.05, 0) is 131 Å². The molecule has 12 nitrogen and oxygen atoms in total. The predicted molar refractivity (Wildman–Crippen MR) is 206 cm³/mol. The van der Waals surface area contributed by atoms with Gasteiger partial charge in [0.05, 0.1) is 54.5 Å². The highest BCUT2D eigenvalue weighted by Crippen LogP contribution is 2.39. The number of rotatable bonds is 20. The second kappa shape index (κ2) is 21.5. The molecule has 304 valence electrons. The lowest BCUT2D eigenvalue weighted by molar-refractivity contribution is -0.139. The molecule has 0 atom stereocenters. The fourth-order valence-corrected chi connectivity index (χ4v) is 4.66. The van der Waals surface area contributed by atoms with Crippen LogP contribution in [0.25, 0.3) is 0 Å². The van der Waals surface area contributed by atoms with Crippen LogP contribution < -0.4 is 18.9 Å². The lowest BCUT2D eigenvalue weighted by Gasteiger charge is -2.12. The highest BCUT2D eigenvalue weighted by atomic mass is 19.4. The van der Waals surface area contributed by atoms with Crippen LogP contribution in [-0.2, 0) is 25.2 Å². The monoisotopic (exact) mass is 802 g/mol. The van der Waals surface area contributed by atoms with Gasteiger partial charge < -0.3 is 28.4 Å². The van der Waals surface area contributed by atoms with E-state index in [9.17, 15) is 32.3 Å². The molecule has 4 rings (SSSR count). The third-order valence-corrected chi connectivity index (χ3v) is 7.76. The number of hydrogen-bond donors (Lipinski definition) is 0. The van der Waals surface area contributed by atoms with Crippen molar-refractivity contribution in [3.63, 3.8) is 0 Å². The molecule has 0 aliphatic heterocycles. The van der Waals surface area contributed by atoms with Crippen LogP contribution in [0.2, 0.25) is 0 Å². The first-order valence-electron chi connectivity index (χ1n) is 18.0. The first kappa shape index (κ1) is 44.0. The van der Waals surface area contributed by atoms with E-state index >= 15 is 0 Å². The van der Waals surface area contributed by atoms with Crippen LogP contribution >= 0.6 is 0 Å². The summed E-state index contributed by atoms with van der Waals surface area (Å²) in [6.07, 6.45) is -2.41. The smallest absolute Gasteiger partial charge is 0.418 e. The number of unbranched alkanes of at least 4 members (excludes halogenated alkanes) is 2. The van der Waals surface area contributed by atoms with Gasteiger partial charge in [-0.3, -0.25) is 0 Å². The zero-order chi connectivity index (χ0) is 42.1. The molecule has 0 radical (unpaired) electrons. The van der Waals surface area contributed by atoms with Crippen molar-refractivity contribution in [3.05, 3.63) is 132 Å². The molecule has 4 aromatic carbocycles. The molecule has 0 bridgehead atoms. The zero-order valence-corrected chi connectivity index (χ0v) is 31.8. The lowest BCUT2D eigenvalue weighted by Crippen LogP contribution is -2.10. The van der Waals surface area contributed by atoms with Crippen molar-refractivity contribution in [3.8, 4) is 23.0 Å². The van der Waals surface area contributed by atoms with Crippen molar-refractivity contribution < 1.29 is 60.8 Å². The molecule has 0 unspecified atom stereocenters. The summed E-state index contributed by atoms with van der Waals surface area (Å²) in [6, 6.07) is 20.7. The summed E-state index contributed by atoms with van der Waals surface area (Å²) in [5.74, 6) is -1.62. The molecule has 0 saturated heterocycles. The Labute approximate surface area is 332 Å². The van der Waals surface area contributed by atoms with E-state index in [4.69, 9.17) is 28.4 Å². The topological polar surface area (TPSA) is 148 Å². The highest BCUT2D eigenvalue weighted by Gasteiger charge is 2.34.